The average Bonchev–Trinajstić information content (AvgIpc) is 3.02. The van der Waals surface area contributed by atoms with Crippen LogP contribution in [-0.2, 0) is 4.74 Å². The van der Waals surface area contributed by atoms with Crippen LogP contribution in [0.4, 0.5) is 15.9 Å². The minimum absolute atomic E-state index is 0.0826. The molecule has 0 radical (unpaired) electrons. The zero-order chi connectivity index (χ0) is 17.4. The van der Waals surface area contributed by atoms with Crippen molar-refractivity contribution in [1.82, 2.24) is 19.5 Å². The fourth-order valence-corrected chi connectivity index (χ4v) is 2.88. The van der Waals surface area contributed by atoms with Gasteiger partial charge in [-0.25, -0.2) is 4.98 Å². The number of aromatic nitrogens is 4. The molecule has 8 nitrogen and oxygen atoms in total. The van der Waals surface area contributed by atoms with Crippen molar-refractivity contribution in [2.75, 3.05) is 11.9 Å². The van der Waals surface area contributed by atoms with E-state index in [9.17, 15) is 14.6 Å². The van der Waals surface area contributed by atoms with E-state index in [2.05, 4.69) is 20.3 Å². The molecule has 4 rings (SSSR count). The van der Waals surface area contributed by atoms with Crippen LogP contribution in [0.2, 0.25) is 0 Å². The number of nitrogens with zero attached hydrogens (tertiary/aromatic N) is 4. The summed E-state index contributed by atoms with van der Waals surface area (Å²) < 4.78 is 21.4. The maximum Gasteiger partial charge on any atom is 0.312 e. The molecule has 1 fully saturated rings. The van der Waals surface area contributed by atoms with E-state index in [1.54, 1.807) is 10.9 Å². The summed E-state index contributed by atoms with van der Waals surface area (Å²) in [5.74, 6) is -0.152. The Morgan fingerprint density at radius 3 is 2.88 bits per heavy atom. The molecule has 1 unspecified atom stereocenters. The number of halogens is 1. The maximum absolute atomic E-state index is 13.9. The van der Waals surface area contributed by atoms with Gasteiger partial charge in [0.2, 0.25) is 0 Å². The Labute approximate surface area is 141 Å². The summed E-state index contributed by atoms with van der Waals surface area (Å²) in [5, 5.41) is 22.1. The molecule has 1 atom stereocenters. The third-order valence-corrected chi connectivity index (χ3v) is 4.09. The zero-order valence-corrected chi connectivity index (χ0v) is 13.2. The van der Waals surface area contributed by atoms with Crippen molar-refractivity contribution < 1.29 is 19.3 Å². The second kappa shape index (κ2) is 6.17. The Hall–Kier alpha value is -2.94. The predicted molar refractivity (Wildman–Crippen MR) is 87.2 cm³/mol. The van der Waals surface area contributed by atoms with Gasteiger partial charge in [0.1, 0.15) is 17.7 Å². The summed E-state index contributed by atoms with van der Waals surface area (Å²) in [7, 11) is 0. The van der Waals surface area contributed by atoms with E-state index < -0.39 is 6.08 Å². The second-order valence-electron chi connectivity index (χ2n) is 5.81. The van der Waals surface area contributed by atoms with E-state index in [0.717, 1.165) is 19.3 Å². The van der Waals surface area contributed by atoms with Crippen LogP contribution in [0.5, 0.6) is 11.5 Å². The fourth-order valence-electron chi connectivity index (χ4n) is 2.88. The van der Waals surface area contributed by atoms with Crippen LogP contribution in [0, 0.1) is 6.08 Å². The van der Waals surface area contributed by atoms with Gasteiger partial charge in [0, 0.05) is 12.7 Å². The van der Waals surface area contributed by atoms with Gasteiger partial charge in [0.05, 0.1) is 12.0 Å². The molecule has 0 aliphatic carbocycles. The molecule has 1 aromatic carbocycles. The molecule has 0 spiro atoms. The third kappa shape index (κ3) is 2.93. The molecule has 0 saturated carbocycles. The van der Waals surface area contributed by atoms with Crippen molar-refractivity contribution in [3.63, 3.8) is 0 Å². The Balaban J connectivity index is 1.75. The minimum atomic E-state index is -0.911. The molecule has 9 heteroatoms. The molecule has 1 saturated heterocycles. The fraction of sp³-hybridized carbons (Fsp3) is 0.312. The van der Waals surface area contributed by atoms with Crippen LogP contribution >= 0.6 is 0 Å². The molecule has 3 aromatic rings. The number of rotatable bonds is 3. The van der Waals surface area contributed by atoms with E-state index in [-0.39, 0.29) is 29.2 Å². The first-order valence-electron chi connectivity index (χ1n) is 7.92. The lowest BCUT2D eigenvalue weighted by molar-refractivity contribution is -0.0298. The number of hydrogen-bond acceptors (Lipinski definition) is 7. The highest BCUT2D eigenvalue weighted by molar-refractivity contribution is 5.86. The van der Waals surface area contributed by atoms with Gasteiger partial charge in [-0.15, -0.1) is 0 Å². The van der Waals surface area contributed by atoms with Gasteiger partial charge in [-0.1, -0.05) is 0 Å². The number of aromatic hydroxyl groups is 2. The van der Waals surface area contributed by atoms with Crippen LogP contribution in [0.1, 0.15) is 25.5 Å². The molecule has 0 bridgehead atoms. The molecule has 1 aliphatic heterocycles. The van der Waals surface area contributed by atoms with Crippen molar-refractivity contribution in [1.29, 1.82) is 0 Å². The normalized spacial score (nSPS) is 17.7. The molecule has 2 aromatic heterocycles. The number of fused-ring (bicyclic) bond motifs is 1. The standard InChI is InChI=1S/C16H16FN5O3/c17-16-20-14(19-10-5-4-9(23)7-11(10)24)13-15(21-16)22(8-18-13)12-3-1-2-6-25-12/h4-5,7-8,12,23-24H,1-3,6H2,(H,19,20,21). The summed E-state index contributed by atoms with van der Waals surface area (Å²) in [6.07, 6.45) is 3.23. The third-order valence-electron chi connectivity index (χ3n) is 4.09. The smallest absolute Gasteiger partial charge is 0.312 e. The van der Waals surface area contributed by atoms with E-state index >= 15 is 0 Å². The largest absolute Gasteiger partial charge is 0.508 e. The van der Waals surface area contributed by atoms with Gasteiger partial charge in [-0.2, -0.15) is 14.4 Å². The first-order chi connectivity index (χ1) is 12.1. The summed E-state index contributed by atoms with van der Waals surface area (Å²) in [5.41, 5.74) is 0.948. The molecular formula is C16H16FN5O3. The number of hydrogen-bond donors (Lipinski definition) is 3. The average molecular weight is 345 g/mol. The molecule has 1 aliphatic rings. The molecule has 0 amide bonds. The SMILES string of the molecule is Oc1ccc(Nc2nc(F)nc3c2ncn3C2CCCCO2)c(O)c1. The lowest BCUT2D eigenvalue weighted by atomic mass is 10.2. The Morgan fingerprint density at radius 1 is 1.24 bits per heavy atom. The number of anilines is 2. The van der Waals surface area contributed by atoms with Gasteiger partial charge in [0.15, 0.2) is 17.0 Å². The highest BCUT2D eigenvalue weighted by atomic mass is 19.1. The molecule has 25 heavy (non-hydrogen) atoms. The number of nitrogens with one attached hydrogen (secondary N) is 1. The van der Waals surface area contributed by atoms with Crippen molar-refractivity contribution in [2.24, 2.45) is 0 Å². The van der Waals surface area contributed by atoms with Gasteiger partial charge >= 0.3 is 6.08 Å². The van der Waals surface area contributed by atoms with Crippen LogP contribution in [0.15, 0.2) is 24.5 Å². The van der Waals surface area contributed by atoms with Crippen LogP contribution in [0.3, 0.4) is 0 Å². The van der Waals surface area contributed by atoms with Crippen LogP contribution in [0.25, 0.3) is 11.2 Å². The van der Waals surface area contributed by atoms with Crippen molar-refractivity contribution >= 4 is 22.7 Å². The number of phenolic OH excluding ortho intramolecular Hbond substituents is 2. The highest BCUT2D eigenvalue weighted by Gasteiger charge is 2.21. The van der Waals surface area contributed by atoms with Crippen molar-refractivity contribution in [2.45, 2.75) is 25.5 Å². The lowest BCUT2D eigenvalue weighted by Crippen LogP contribution is -2.18. The monoisotopic (exact) mass is 345 g/mol. The number of imidazole rings is 1. The van der Waals surface area contributed by atoms with Gasteiger partial charge < -0.3 is 20.3 Å². The van der Waals surface area contributed by atoms with Crippen LogP contribution < -0.4 is 5.32 Å². The number of ether oxygens (including phenoxy) is 1. The second-order valence-corrected chi connectivity index (χ2v) is 5.81. The summed E-state index contributed by atoms with van der Waals surface area (Å²) >= 11 is 0. The summed E-state index contributed by atoms with van der Waals surface area (Å²) in [4.78, 5) is 11.9. The Kier molecular flexibility index (Phi) is 3.85. The Morgan fingerprint density at radius 2 is 2.12 bits per heavy atom. The van der Waals surface area contributed by atoms with Crippen molar-refractivity contribution in [3.05, 3.63) is 30.6 Å². The van der Waals surface area contributed by atoms with Gasteiger partial charge in [0.25, 0.3) is 0 Å². The maximum atomic E-state index is 13.9. The van der Waals surface area contributed by atoms with E-state index in [0.29, 0.717) is 17.8 Å². The molecule has 3 N–H and O–H groups in total. The number of benzene rings is 1. The predicted octanol–water partition coefficient (Wildman–Crippen LogP) is 2.82. The molecular weight excluding hydrogens is 329 g/mol. The first-order valence-corrected chi connectivity index (χ1v) is 7.92. The lowest BCUT2D eigenvalue weighted by Gasteiger charge is -2.23. The van der Waals surface area contributed by atoms with E-state index in [4.69, 9.17) is 4.74 Å². The van der Waals surface area contributed by atoms with Gasteiger partial charge in [-0.05, 0) is 31.4 Å². The topological polar surface area (TPSA) is 105 Å². The quantitative estimate of drug-likeness (QED) is 0.381. The Bertz CT molecular complexity index is 924. The minimum Gasteiger partial charge on any atom is -0.508 e. The highest BCUT2D eigenvalue weighted by Crippen LogP contribution is 2.32. The summed E-state index contributed by atoms with van der Waals surface area (Å²) in [6, 6.07) is 4.02. The van der Waals surface area contributed by atoms with E-state index in [1.165, 1.54) is 18.2 Å². The van der Waals surface area contributed by atoms with E-state index in [1.807, 2.05) is 0 Å². The first kappa shape index (κ1) is 15.6. The molecule has 3 heterocycles. The molecule has 130 valence electrons. The van der Waals surface area contributed by atoms with Crippen LogP contribution in [-0.4, -0.2) is 36.3 Å². The van der Waals surface area contributed by atoms with Gasteiger partial charge in [-0.3, -0.25) is 4.57 Å². The van der Waals surface area contributed by atoms with Crippen molar-refractivity contribution in [3.8, 4) is 11.5 Å². The zero-order valence-electron chi connectivity index (χ0n) is 13.2. The summed E-state index contributed by atoms with van der Waals surface area (Å²) in [6.45, 7) is 0.643. The number of phenols is 2.